The molecule has 1 aliphatic carbocycles. The first-order chi connectivity index (χ1) is 15.5. The smallest absolute Gasteiger partial charge is 0.289 e. The summed E-state index contributed by atoms with van der Waals surface area (Å²) in [4.78, 5) is 25.7. The van der Waals surface area contributed by atoms with Gasteiger partial charge in [-0.15, -0.1) is 0 Å². The standard InChI is InChI=1S/C27H33NO4S/c1-16-10-20-21(27(4,5)9-8-26(20,2)3)13-18(16)19-11-17(12-22(31-6)24(19)32-7)14-28-23(29)15-33-25(28)30/h10-13H,8-9,14-15H2,1-7H3. The highest BCUT2D eigenvalue weighted by Crippen LogP contribution is 2.49. The summed E-state index contributed by atoms with van der Waals surface area (Å²) in [5.74, 6) is 1.29. The normalized spacial score (nSPS) is 18.9. The second-order valence-corrected chi connectivity index (χ2v) is 11.3. The Kier molecular flexibility index (Phi) is 6.02. The second kappa shape index (κ2) is 8.39. The molecule has 33 heavy (non-hydrogen) atoms. The molecule has 2 amide bonds. The molecule has 2 aliphatic rings. The number of methoxy groups -OCH3 is 2. The van der Waals surface area contributed by atoms with Crippen molar-refractivity contribution in [2.24, 2.45) is 0 Å². The van der Waals surface area contributed by atoms with Gasteiger partial charge in [-0.25, -0.2) is 0 Å². The third-order valence-electron chi connectivity index (χ3n) is 7.21. The molecule has 0 bridgehead atoms. The lowest BCUT2D eigenvalue weighted by atomic mass is 9.62. The lowest BCUT2D eigenvalue weighted by molar-refractivity contribution is -0.125. The summed E-state index contributed by atoms with van der Waals surface area (Å²) >= 11 is 1.05. The summed E-state index contributed by atoms with van der Waals surface area (Å²) in [6, 6.07) is 8.52. The van der Waals surface area contributed by atoms with Crippen LogP contribution in [0.5, 0.6) is 11.5 Å². The van der Waals surface area contributed by atoms with Gasteiger partial charge in [0, 0.05) is 5.56 Å². The Morgan fingerprint density at radius 1 is 0.909 bits per heavy atom. The van der Waals surface area contributed by atoms with Crippen molar-refractivity contribution in [1.82, 2.24) is 4.90 Å². The molecule has 176 valence electrons. The predicted octanol–water partition coefficient (Wildman–Crippen LogP) is 6.22. The van der Waals surface area contributed by atoms with Gasteiger partial charge in [0.1, 0.15) is 0 Å². The van der Waals surface area contributed by atoms with Crippen molar-refractivity contribution in [3.8, 4) is 22.6 Å². The number of benzene rings is 2. The molecule has 0 radical (unpaired) electrons. The van der Waals surface area contributed by atoms with Crippen molar-refractivity contribution >= 4 is 22.9 Å². The molecule has 2 aromatic carbocycles. The molecular formula is C27H33NO4S. The van der Waals surface area contributed by atoms with E-state index in [0.717, 1.165) is 41.3 Å². The van der Waals surface area contributed by atoms with Crippen molar-refractivity contribution in [3.63, 3.8) is 0 Å². The van der Waals surface area contributed by atoms with E-state index in [2.05, 4.69) is 46.8 Å². The molecule has 1 fully saturated rings. The monoisotopic (exact) mass is 467 g/mol. The Balaban J connectivity index is 1.89. The highest BCUT2D eigenvalue weighted by atomic mass is 32.2. The summed E-state index contributed by atoms with van der Waals surface area (Å²) in [5.41, 5.74) is 6.99. The molecule has 0 aromatic heterocycles. The summed E-state index contributed by atoms with van der Waals surface area (Å²) < 4.78 is 11.5. The number of thioether (sulfide) groups is 1. The predicted molar refractivity (Wildman–Crippen MR) is 133 cm³/mol. The highest BCUT2D eigenvalue weighted by molar-refractivity contribution is 8.14. The Bertz CT molecular complexity index is 1120. The minimum atomic E-state index is -0.203. The van der Waals surface area contributed by atoms with Crippen LogP contribution < -0.4 is 9.47 Å². The number of nitrogens with zero attached hydrogens (tertiary/aromatic N) is 1. The number of ether oxygens (including phenoxy) is 2. The molecule has 0 N–H and O–H groups in total. The van der Waals surface area contributed by atoms with Crippen LogP contribution in [0, 0.1) is 6.92 Å². The van der Waals surface area contributed by atoms with E-state index in [-0.39, 0.29) is 34.3 Å². The van der Waals surface area contributed by atoms with E-state index >= 15 is 0 Å². The number of amides is 2. The Morgan fingerprint density at radius 2 is 1.55 bits per heavy atom. The van der Waals surface area contributed by atoms with E-state index in [1.807, 2.05) is 12.1 Å². The molecule has 4 rings (SSSR count). The van der Waals surface area contributed by atoms with Crippen molar-refractivity contribution in [2.75, 3.05) is 20.0 Å². The highest BCUT2D eigenvalue weighted by Gasteiger charge is 2.38. The van der Waals surface area contributed by atoms with Crippen molar-refractivity contribution in [1.29, 1.82) is 0 Å². The van der Waals surface area contributed by atoms with Gasteiger partial charge in [-0.05, 0) is 76.6 Å². The van der Waals surface area contributed by atoms with Crippen LogP contribution in [0.15, 0.2) is 24.3 Å². The van der Waals surface area contributed by atoms with E-state index in [1.54, 1.807) is 14.2 Å². The van der Waals surface area contributed by atoms with E-state index in [9.17, 15) is 9.59 Å². The second-order valence-electron chi connectivity index (χ2n) is 10.4. The zero-order valence-electron chi connectivity index (χ0n) is 20.6. The van der Waals surface area contributed by atoms with Gasteiger partial charge in [-0.3, -0.25) is 14.5 Å². The van der Waals surface area contributed by atoms with Gasteiger partial charge < -0.3 is 9.47 Å². The van der Waals surface area contributed by atoms with Gasteiger partial charge in [0.05, 0.1) is 26.5 Å². The molecule has 1 heterocycles. The Labute approximate surface area is 200 Å². The third-order valence-corrected chi connectivity index (χ3v) is 8.07. The first-order valence-corrected chi connectivity index (χ1v) is 12.3. The number of hydrogen-bond acceptors (Lipinski definition) is 5. The summed E-state index contributed by atoms with van der Waals surface area (Å²) in [6.45, 7) is 11.6. The van der Waals surface area contributed by atoms with Crippen LogP contribution in [0.1, 0.15) is 62.8 Å². The van der Waals surface area contributed by atoms with Crippen molar-refractivity contribution in [3.05, 3.63) is 46.5 Å². The average Bonchev–Trinajstić information content (AvgIpc) is 3.08. The van der Waals surface area contributed by atoms with E-state index < -0.39 is 0 Å². The number of carbonyl (C=O) groups is 2. The van der Waals surface area contributed by atoms with Crippen molar-refractivity contribution in [2.45, 2.75) is 64.8 Å². The van der Waals surface area contributed by atoms with Crippen LogP contribution in [0.25, 0.3) is 11.1 Å². The van der Waals surface area contributed by atoms with Crippen molar-refractivity contribution < 1.29 is 19.1 Å². The van der Waals surface area contributed by atoms with Crippen LogP contribution >= 0.6 is 11.8 Å². The lowest BCUT2D eigenvalue weighted by Gasteiger charge is -2.42. The van der Waals surface area contributed by atoms with Gasteiger partial charge >= 0.3 is 0 Å². The Hall–Kier alpha value is -2.47. The molecule has 0 saturated carbocycles. The number of hydrogen-bond donors (Lipinski definition) is 0. The third kappa shape index (κ3) is 4.14. The molecule has 2 aromatic rings. The SMILES string of the molecule is COc1cc(CN2C(=O)CSC2=O)cc(-c2cc3c(cc2C)C(C)(C)CCC3(C)C)c1OC. The fraction of sp³-hybridized carbons (Fsp3) is 0.481. The fourth-order valence-electron chi connectivity index (χ4n) is 5.04. The fourth-order valence-corrected chi connectivity index (χ4v) is 5.77. The van der Waals surface area contributed by atoms with E-state index in [4.69, 9.17) is 9.47 Å². The molecule has 0 spiro atoms. The largest absolute Gasteiger partial charge is 0.493 e. The summed E-state index contributed by atoms with van der Waals surface area (Å²) in [5, 5.41) is -0.203. The minimum Gasteiger partial charge on any atom is -0.493 e. The number of aryl methyl sites for hydroxylation is 1. The maximum absolute atomic E-state index is 12.2. The van der Waals surface area contributed by atoms with Gasteiger partial charge in [0.15, 0.2) is 11.5 Å². The van der Waals surface area contributed by atoms with Crippen LogP contribution in [0.4, 0.5) is 4.79 Å². The molecule has 6 heteroatoms. The van der Waals surface area contributed by atoms with Crippen LogP contribution in [-0.2, 0) is 22.2 Å². The van der Waals surface area contributed by atoms with Gasteiger partial charge in [0.2, 0.25) is 5.91 Å². The maximum atomic E-state index is 12.2. The molecule has 1 aliphatic heterocycles. The average molecular weight is 468 g/mol. The first-order valence-electron chi connectivity index (χ1n) is 11.4. The molecule has 0 unspecified atom stereocenters. The molecular weight excluding hydrogens is 434 g/mol. The lowest BCUT2D eigenvalue weighted by Crippen LogP contribution is -2.34. The Morgan fingerprint density at radius 3 is 2.09 bits per heavy atom. The minimum absolute atomic E-state index is 0.0772. The summed E-state index contributed by atoms with van der Waals surface area (Å²) in [7, 11) is 3.25. The quantitative estimate of drug-likeness (QED) is 0.522. The molecule has 1 saturated heterocycles. The van der Waals surface area contributed by atoms with Crippen LogP contribution in [0.2, 0.25) is 0 Å². The van der Waals surface area contributed by atoms with Gasteiger partial charge in [-0.2, -0.15) is 0 Å². The van der Waals surface area contributed by atoms with Crippen LogP contribution in [-0.4, -0.2) is 36.0 Å². The number of rotatable bonds is 5. The van der Waals surface area contributed by atoms with Gasteiger partial charge in [-0.1, -0.05) is 45.5 Å². The summed E-state index contributed by atoms with van der Waals surface area (Å²) in [6.07, 6.45) is 2.29. The number of fused-ring (bicyclic) bond motifs is 1. The van der Waals surface area contributed by atoms with Gasteiger partial charge in [0.25, 0.3) is 5.24 Å². The maximum Gasteiger partial charge on any atom is 0.289 e. The first kappa shape index (κ1) is 23.7. The number of imide groups is 1. The number of carbonyl (C=O) groups excluding carboxylic acids is 2. The van der Waals surface area contributed by atoms with E-state index in [1.165, 1.54) is 21.6 Å². The van der Waals surface area contributed by atoms with E-state index in [0.29, 0.717) is 11.5 Å². The van der Waals surface area contributed by atoms with Crippen LogP contribution in [0.3, 0.4) is 0 Å². The topological polar surface area (TPSA) is 55.8 Å². The molecule has 5 nitrogen and oxygen atoms in total. The molecule has 0 atom stereocenters. The zero-order valence-corrected chi connectivity index (χ0v) is 21.4. The zero-order chi connectivity index (χ0) is 24.1.